The van der Waals surface area contributed by atoms with Crippen LogP contribution in [-0.2, 0) is 9.59 Å². The number of thiophene rings is 1. The number of carbonyl (C=O) groups is 2. The minimum absolute atomic E-state index is 0.0651. The molecule has 0 saturated heterocycles. The standard InChI is InChI=1S/C11H14BrNO3S/c1-7(8-4-5-9(12)17-8)11(16)13-6-2-3-10(14)15/h4-5,7H,2-3,6H2,1H3,(H,13,16)(H,14,15). The van der Waals surface area contributed by atoms with Gasteiger partial charge in [-0.15, -0.1) is 11.3 Å². The van der Waals surface area contributed by atoms with Crippen molar-refractivity contribution in [3.63, 3.8) is 0 Å². The van der Waals surface area contributed by atoms with Gasteiger partial charge in [-0.1, -0.05) is 0 Å². The van der Waals surface area contributed by atoms with E-state index in [0.29, 0.717) is 13.0 Å². The van der Waals surface area contributed by atoms with Gasteiger partial charge in [0.05, 0.1) is 9.70 Å². The van der Waals surface area contributed by atoms with E-state index < -0.39 is 5.97 Å². The second-order valence-corrected chi connectivity index (χ2v) is 6.15. The summed E-state index contributed by atoms with van der Waals surface area (Å²) in [6.45, 7) is 2.24. The highest BCUT2D eigenvalue weighted by Crippen LogP contribution is 2.28. The van der Waals surface area contributed by atoms with Gasteiger partial charge in [-0.05, 0) is 41.4 Å². The Morgan fingerprint density at radius 3 is 2.76 bits per heavy atom. The van der Waals surface area contributed by atoms with Crippen molar-refractivity contribution in [1.82, 2.24) is 5.32 Å². The number of aliphatic carboxylic acids is 1. The normalized spacial score (nSPS) is 12.1. The van der Waals surface area contributed by atoms with E-state index in [1.54, 1.807) is 0 Å². The minimum atomic E-state index is -0.838. The molecule has 0 aliphatic heterocycles. The molecule has 1 heterocycles. The second kappa shape index (κ2) is 6.76. The summed E-state index contributed by atoms with van der Waals surface area (Å²) >= 11 is 4.88. The topological polar surface area (TPSA) is 66.4 Å². The van der Waals surface area contributed by atoms with Gasteiger partial charge in [-0.25, -0.2) is 0 Å². The molecule has 0 radical (unpaired) electrons. The molecule has 1 unspecified atom stereocenters. The quantitative estimate of drug-likeness (QED) is 0.792. The van der Waals surface area contributed by atoms with Gasteiger partial charge >= 0.3 is 5.97 Å². The molecular weight excluding hydrogens is 306 g/mol. The van der Waals surface area contributed by atoms with E-state index in [0.717, 1.165) is 8.66 Å². The second-order valence-electron chi connectivity index (χ2n) is 3.65. The van der Waals surface area contributed by atoms with E-state index >= 15 is 0 Å². The first-order chi connectivity index (χ1) is 8.00. The molecule has 0 saturated carbocycles. The summed E-state index contributed by atoms with van der Waals surface area (Å²) < 4.78 is 0.998. The van der Waals surface area contributed by atoms with Crippen molar-refractivity contribution in [3.05, 3.63) is 20.8 Å². The number of carboxylic acids is 1. The Balaban J connectivity index is 2.35. The molecule has 0 spiro atoms. The van der Waals surface area contributed by atoms with Crippen LogP contribution in [0.3, 0.4) is 0 Å². The number of carboxylic acid groups (broad SMARTS) is 1. The zero-order valence-corrected chi connectivity index (χ0v) is 11.8. The fraction of sp³-hybridized carbons (Fsp3) is 0.455. The molecule has 4 nitrogen and oxygen atoms in total. The zero-order chi connectivity index (χ0) is 12.8. The third kappa shape index (κ3) is 4.87. The summed E-state index contributed by atoms with van der Waals surface area (Å²) in [6.07, 6.45) is 0.543. The number of halogens is 1. The van der Waals surface area contributed by atoms with Gasteiger partial charge in [-0.2, -0.15) is 0 Å². The lowest BCUT2D eigenvalue weighted by atomic mass is 10.1. The molecule has 0 bridgehead atoms. The molecule has 0 aromatic carbocycles. The Bertz CT molecular complexity index is 405. The van der Waals surface area contributed by atoms with Gasteiger partial charge < -0.3 is 10.4 Å². The highest BCUT2D eigenvalue weighted by molar-refractivity contribution is 9.11. The van der Waals surface area contributed by atoms with Crippen LogP contribution in [0.5, 0.6) is 0 Å². The largest absolute Gasteiger partial charge is 0.481 e. The van der Waals surface area contributed by atoms with Crippen molar-refractivity contribution in [2.75, 3.05) is 6.54 Å². The van der Waals surface area contributed by atoms with Gasteiger partial charge in [0.2, 0.25) is 5.91 Å². The monoisotopic (exact) mass is 319 g/mol. The molecule has 17 heavy (non-hydrogen) atoms. The van der Waals surface area contributed by atoms with Crippen LogP contribution in [0.25, 0.3) is 0 Å². The summed E-state index contributed by atoms with van der Waals surface area (Å²) in [7, 11) is 0. The van der Waals surface area contributed by atoms with E-state index in [-0.39, 0.29) is 18.2 Å². The van der Waals surface area contributed by atoms with Crippen LogP contribution in [0.1, 0.15) is 30.6 Å². The fourth-order valence-electron chi connectivity index (χ4n) is 1.29. The predicted molar refractivity (Wildman–Crippen MR) is 70.3 cm³/mol. The number of hydrogen-bond donors (Lipinski definition) is 2. The van der Waals surface area contributed by atoms with Crippen LogP contribution < -0.4 is 5.32 Å². The van der Waals surface area contributed by atoms with Crippen molar-refractivity contribution in [1.29, 1.82) is 0 Å². The third-order valence-corrected chi connectivity index (χ3v) is 4.09. The van der Waals surface area contributed by atoms with E-state index in [4.69, 9.17) is 5.11 Å². The SMILES string of the molecule is CC(C(=O)NCCCC(=O)O)c1ccc(Br)s1. The van der Waals surface area contributed by atoms with Crippen molar-refractivity contribution in [2.45, 2.75) is 25.7 Å². The molecule has 6 heteroatoms. The lowest BCUT2D eigenvalue weighted by Gasteiger charge is -2.09. The smallest absolute Gasteiger partial charge is 0.303 e. The van der Waals surface area contributed by atoms with E-state index in [9.17, 15) is 9.59 Å². The van der Waals surface area contributed by atoms with Crippen LogP contribution in [0, 0.1) is 0 Å². The molecule has 94 valence electrons. The summed E-state index contributed by atoms with van der Waals surface area (Å²) in [5, 5.41) is 11.2. The van der Waals surface area contributed by atoms with Crippen LogP contribution in [0.15, 0.2) is 15.9 Å². The predicted octanol–water partition coefficient (Wildman–Crippen LogP) is 2.60. The Labute approximate surface area is 112 Å². The Hall–Kier alpha value is -0.880. The number of hydrogen-bond acceptors (Lipinski definition) is 3. The molecule has 1 aromatic heterocycles. The Morgan fingerprint density at radius 1 is 1.53 bits per heavy atom. The van der Waals surface area contributed by atoms with E-state index in [2.05, 4.69) is 21.2 Å². The molecule has 0 aliphatic carbocycles. The van der Waals surface area contributed by atoms with Crippen LogP contribution in [-0.4, -0.2) is 23.5 Å². The van der Waals surface area contributed by atoms with E-state index in [1.807, 2.05) is 19.1 Å². The van der Waals surface area contributed by atoms with Crippen LogP contribution in [0.2, 0.25) is 0 Å². The molecule has 1 amide bonds. The minimum Gasteiger partial charge on any atom is -0.481 e. The van der Waals surface area contributed by atoms with Gasteiger partial charge in [0, 0.05) is 17.8 Å². The third-order valence-electron chi connectivity index (χ3n) is 2.28. The maximum atomic E-state index is 11.7. The lowest BCUT2D eigenvalue weighted by Crippen LogP contribution is -2.28. The van der Waals surface area contributed by atoms with E-state index in [1.165, 1.54) is 11.3 Å². The molecule has 1 rings (SSSR count). The molecule has 0 aliphatic rings. The highest BCUT2D eigenvalue weighted by atomic mass is 79.9. The molecular formula is C11H14BrNO3S. The fourth-order valence-corrected chi connectivity index (χ4v) is 2.77. The first-order valence-electron chi connectivity index (χ1n) is 5.25. The first kappa shape index (κ1) is 14.2. The van der Waals surface area contributed by atoms with Gasteiger partial charge in [0.25, 0.3) is 0 Å². The summed E-state index contributed by atoms with van der Waals surface area (Å²) in [5.41, 5.74) is 0. The maximum absolute atomic E-state index is 11.7. The highest BCUT2D eigenvalue weighted by Gasteiger charge is 2.16. The molecule has 1 atom stereocenters. The number of amides is 1. The number of carbonyl (C=O) groups excluding carboxylic acids is 1. The van der Waals surface area contributed by atoms with Gasteiger partial charge in [-0.3, -0.25) is 9.59 Å². The van der Waals surface area contributed by atoms with Crippen molar-refractivity contribution >= 4 is 39.1 Å². The Morgan fingerprint density at radius 2 is 2.24 bits per heavy atom. The average Bonchev–Trinajstić information content (AvgIpc) is 2.69. The first-order valence-corrected chi connectivity index (χ1v) is 6.86. The summed E-state index contributed by atoms with van der Waals surface area (Å²) in [6, 6.07) is 3.82. The van der Waals surface area contributed by atoms with Crippen molar-refractivity contribution in [2.24, 2.45) is 0 Å². The summed E-state index contributed by atoms with van der Waals surface area (Å²) in [5.74, 6) is -1.10. The molecule has 0 fully saturated rings. The molecule has 2 N–H and O–H groups in total. The zero-order valence-electron chi connectivity index (χ0n) is 9.40. The average molecular weight is 320 g/mol. The maximum Gasteiger partial charge on any atom is 0.303 e. The van der Waals surface area contributed by atoms with Crippen molar-refractivity contribution < 1.29 is 14.7 Å². The van der Waals surface area contributed by atoms with Gasteiger partial charge in [0.15, 0.2) is 0 Å². The van der Waals surface area contributed by atoms with Gasteiger partial charge in [0.1, 0.15) is 0 Å². The van der Waals surface area contributed by atoms with Crippen molar-refractivity contribution in [3.8, 4) is 0 Å². The number of rotatable bonds is 6. The summed E-state index contributed by atoms with van der Waals surface area (Å²) in [4.78, 5) is 23.0. The number of nitrogens with one attached hydrogen (secondary N) is 1. The molecule has 1 aromatic rings. The lowest BCUT2D eigenvalue weighted by molar-refractivity contribution is -0.137. The van der Waals surface area contributed by atoms with Crippen LogP contribution in [0.4, 0.5) is 0 Å². The Kier molecular flexibility index (Phi) is 5.64. The van der Waals surface area contributed by atoms with Crippen LogP contribution >= 0.6 is 27.3 Å².